The van der Waals surface area contributed by atoms with Crippen LogP contribution in [0.4, 0.5) is 25.0 Å². The Hall–Kier alpha value is -3.75. The molecule has 0 spiro atoms. The number of aromatic amines is 1. The van der Waals surface area contributed by atoms with Gasteiger partial charge in [0.25, 0.3) is 11.0 Å². The van der Waals surface area contributed by atoms with E-state index in [0.29, 0.717) is 0 Å². The summed E-state index contributed by atoms with van der Waals surface area (Å²) in [6.45, 7) is 0. The van der Waals surface area contributed by atoms with Crippen molar-refractivity contribution in [3.05, 3.63) is 74.7 Å². The minimum Gasteiger partial charge on any atom is -0.505 e. The molecule has 0 bridgehead atoms. The monoisotopic (exact) mass is 359 g/mol. The number of rotatable bonds is 2. The maximum Gasteiger partial charge on any atom is 0.324 e. The Kier molecular flexibility index (Phi) is 4.36. The second-order valence-corrected chi connectivity index (χ2v) is 5.23. The molecule has 132 valence electrons. The number of anilines is 2. The molecule has 2 aromatic carbocycles. The molecule has 0 unspecified atom stereocenters. The van der Waals surface area contributed by atoms with Crippen molar-refractivity contribution in [2.75, 3.05) is 10.6 Å². The van der Waals surface area contributed by atoms with Crippen LogP contribution in [0.25, 0.3) is 10.9 Å². The number of fused-ring (bicyclic) bond motifs is 1. The van der Waals surface area contributed by atoms with Crippen LogP contribution in [0.15, 0.2) is 52.1 Å². The highest BCUT2D eigenvalue weighted by Gasteiger charge is 2.17. The molecule has 3 rings (SSSR count). The summed E-state index contributed by atoms with van der Waals surface area (Å²) >= 11 is 0. The second-order valence-electron chi connectivity index (χ2n) is 5.23. The zero-order valence-corrected chi connectivity index (χ0v) is 13.0. The molecule has 9 heteroatoms. The van der Waals surface area contributed by atoms with Gasteiger partial charge in [0.05, 0.1) is 5.52 Å². The number of carbonyl (C=O) groups excluding carboxylic acids is 1. The van der Waals surface area contributed by atoms with Crippen molar-refractivity contribution >= 4 is 28.3 Å². The number of amides is 2. The first-order valence-electron chi connectivity index (χ1n) is 7.29. The molecular weight excluding hydrogens is 348 g/mol. The summed E-state index contributed by atoms with van der Waals surface area (Å²) < 4.78 is 27.2. The van der Waals surface area contributed by atoms with Gasteiger partial charge in [-0.2, -0.15) is 0 Å². The summed E-state index contributed by atoms with van der Waals surface area (Å²) in [5.74, 6) is -2.73. The van der Waals surface area contributed by atoms with Crippen LogP contribution in [0.2, 0.25) is 0 Å². The second kappa shape index (κ2) is 6.63. The molecule has 7 nitrogen and oxygen atoms in total. The highest BCUT2D eigenvalue weighted by Crippen LogP contribution is 2.27. The summed E-state index contributed by atoms with van der Waals surface area (Å²) in [7, 11) is 0. The molecule has 0 saturated carbocycles. The average Bonchev–Trinajstić information content (AvgIpc) is 2.69. The Morgan fingerprint density at radius 1 is 0.923 bits per heavy atom. The molecule has 0 aliphatic heterocycles. The minimum atomic E-state index is -1.22. The van der Waals surface area contributed by atoms with Crippen molar-refractivity contribution in [2.24, 2.45) is 0 Å². The van der Waals surface area contributed by atoms with Gasteiger partial charge in [0, 0.05) is 5.39 Å². The lowest BCUT2D eigenvalue weighted by Crippen LogP contribution is -2.30. The van der Waals surface area contributed by atoms with Crippen LogP contribution in [0.3, 0.4) is 0 Å². The molecule has 1 heterocycles. The number of hydrogen-bond donors (Lipinski definition) is 4. The first-order chi connectivity index (χ1) is 12.4. The highest BCUT2D eigenvalue weighted by atomic mass is 19.1. The standard InChI is InChI=1S/C17H11F2N3O4/c18-9-5-3-6-10(19)12(9)21-17(26)22-13-14(23)8-4-1-2-7-11(8)20-16(25)15(13)24/h1-7H,(H4,20,21,22,23,24,25,26). The Morgan fingerprint density at radius 3 is 2.23 bits per heavy atom. The summed E-state index contributed by atoms with van der Waals surface area (Å²) in [4.78, 5) is 38.3. The van der Waals surface area contributed by atoms with E-state index in [1.807, 2.05) is 10.6 Å². The van der Waals surface area contributed by atoms with Crippen LogP contribution < -0.4 is 21.6 Å². The Labute approximate surface area is 143 Å². The van der Waals surface area contributed by atoms with E-state index in [-0.39, 0.29) is 10.9 Å². The third-order valence-electron chi connectivity index (χ3n) is 3.54. The van der Waals surface area contributed by atoms with Crippen molar-refractivity contribution in [3.63, 3.8) is 0 Å². The van der Waals surface area contributed by atoms with E-state index < -0.39 is 45.8 Å². The SMILES string of the molecule is O=C(Nc1c(F)cccc1F)Nc1c(O)c2ccccc2[nH]c(=O)c1=O. The normalized spacial score (nSPS) is 10.5. The van der Waals surface area contributed by atoms with Crippen LogP contribution >= 0.6 is 0 Å². The van der Waals surface area contributed by atoms with Crippen molar-refractivity contribution in [1.29, 1.82) is 0 Å². The zero-order chi connectivity index (χ0) is 18.8. The van der Waals surface area contributed by atoms with Gasteiger partial charge in [0.15, 0.2) is 5.75 Å². The zero-order valence-electron chi connectivity index (χ0n) is 13.0. The van der Waals surface area contributed by atoms with E-state index in [1.165, 1.54) is 12.1 Å². The molecule has 0 saturated heterocycles. The van der Waals surface area contributed by atoms with Gasteiger partial charge in [0.2, 0.25) is 0 Å². The van der Waals surface area contributed by atoms with E-state index in [2.05, 4.69) is 4.98 Å². The topological polar surface area (TPSA) is 111 Å². The molecule has 3 aromatic rings. The van der Waals surface area contributed by atoms with E-state index in [9.17, 15) is 28.3 Å². The number of para-hydroxylation sites is 2. The Bertz CT molecular complexity index is 1120. The highest BCUT2D eigenvalue weighted by molar-refractivity contribution is 6.02. The fourth-order valence-corrected chi connectivity index (χ4v) is 2.32. The van der Waals surface area contributed by atoms with Crippen LogP contribution in [0, 0.1) is 11.6 Å². The van der Waals surface area contributed by atoms with Crippen molar-refractivity contribution < 1.29 is 18.7 Å². The van der Waals surface area contributed by atoms with Gasteiger partial charge in [-0.1, -0.05) is 18.2 Å². The van der Waals surface area contributed by atoms with Gasteiger partial charge in [-0.3, -0.25) is 9.59 Å². The molecule has 4 N–H and O–H groups in total. The third kappa shape index (κ3) is 3.09. The molecule has 0 aliphatic rings. The van der Waals surface area contributed by atoms with Gasteiger partial charge in [-0.05, 0) is 24.3 Å². The molecule has 26 heavy (non-hydrogen) atoms. The number of urea groups is 1. The summed E-state index contributed by atoms with van der Waals surface area (Å²) in [5, 5.41) is 14.3. The number of nitrogens with one attached hydrogen (secondary N) is 3. The first kappa shape index (κ1) is 17.1. The number of aromatic hydroxyl groups is 1. The Balaban J connectivity index is 2.05. The van der Waals surface area contributed by atoms with Crippen LogP contribution in [-0.4, -0.2) is 16.1 Å². The van der Waals surface area contributed by atoms with Gasteiger partial charge in [-0.25, -0.2) is 13.6 Å². The average molecular weight is 359 g/mol. The number of halogens is 2. The van der Waals surface area contributed by atoms with Crippen molar-refractivity contribution in [1.82, 2.24) is 4.98 Å². The molecule has 0 radical (unpaired) electrons. The van der Waals surface area contributed by atoms with Gasteiger partial charge in [-0.15, -0.1) is 0 Å². The largest absolute Gasteiger partial charge is 0.505 e. The lowest BCUT2D eigenvalue weighted by molar-refractivity contribution is 0.261. The lowest BCUT2D eigenvalue weighted by Gasteiger charge is -2.09. The van der Waals surface area contributed by atoms with Gasteiger partial charge in [0.1, 0.15) is 23.0 Å². The predicted molar refractivity (Wildman–Crippen MR) is 91.5 cm³/mol. The maximum absolute atomic E-state index is 13.6. The molecular formula is C17H11F2N3O4. The van der Waals surface area contributed by atoms with E-state index >= 15 is 0 Å². The molecule has 0 aliphatic carbocycles. The first-order valence-corrected chi connectivity index (χ1v) is 7.29. The van der Waals surface area contributed by atoms with E-state index in [4.69, 9.17) is 0 Å². The number of carbonyl (C=O) groups is 1. The quantitative estimate of drug-likeness (QED) is 0.527. The Morgan fingerprint density at radius 2 is 1.54 bits per heavy atom. The summed E-state index contributed by atoms with van der Waals surface area (Å²) in [6, 6.07) is 7.74. The molecule has 2 amide bonds. The third-order valence-corrected chi connectivity index (χ3v) is 3.54. The van der Waals surface area contributed by atoms with Crippen molar-refractivity contribution in [2.45, 2.75) is 0 Å². The number of benzene rings is 2. The maximum atomic E-state index is 13.6. The summed E-state index contributed by atoms with van der Waals surface area (Å²) in [6.07, 6.45) is 0. The fourth-order valence-electron chi connectivity index (χ4n) is 2.32. The lowest BCUT2D eigenvalue weighted by atomic mass is 10.2. The smallest absolute Gasteiger partial charge is 0.324 e. The van der Waals surface area contributed by atoms with Crippen LogP contribution in [-0.2, 0) is 0 Å². The minimum absolute atomic E-state index is 0.0964. The molecule has 0 fully saturated rings. The van der Waals surface area contributed by atoms with Crippen molar-refractivity contribution in [3.8, 4) is 5.75 Å². The van der Waals surface area contributed by atoms with Crippen LogP contribution in [0.5, 0.6) is 5.75 Å². The number of aromatic nitrogens is 1. The predicted octanol–water partition coefficient (Wildman–Crippen LogP) is 2.52. The van der Waals surface area contributed by atoms with E-state index in [1.54, 1.807) is 12.1 Å². The number of hydrogen-bond acceptors (Lipinski definition) is 4. The fraction of sp³-hybridized carbons (Fsp3) is 0. The summed E-state index contributed by atoms with van der Waals surface area (Å²) in [5.41, 5.74) is -3.60. The van der Waals surface area contributed by atoms with Crippen LogP contribution in [0.1, 0.15) is 0 Å². The van der Waals surface area contributed by atoms with E-state index in [0.717, 1.165) is 18.2 Å². The number of H-pyrrole nitrogens is 1. The molecule has 0 atom stereocenters. The van der Waals surface area contributed by atoms with Gasteiger partial charge < -0.3 is 20.7 Å². The molecule has 1 aromatic heterocycles. The van der Waals surface area contributed by atoms with Gasteiger partial charge >= 0.3 is 6.03 Å².